The minimum Gasteiger partial charge on any atom is -0.378 e. The number of nitrogens with zero attached hydrogens (tertiary/aromatic N) is 4. The molecular formula is C33H37F3N6O. The number of urea groups is 1. The monoisotopic (exact) mass is 590 g/mol. The highest BCUT2D eigenvalue weighted by atomic mass is 19.4. The lowest BCUT2D eigenvalue weighted by Gasteiger charge is -2.41. The average Bonchev–Trinajstić information content (AvgIpc) is 3.52. The zero-order chi connectivity index (χ0) is 30.6. The fourth-order valence-corrected chi connectivity index (χ4v) is 5.75. The first-order valence-electron chi connectivity index (χ1n) is 14.4. The molecule has 10 heteroatoms. The number of para-hydroxylation sites is 1. The Morgan fingerprint density at radius 2 is 1.74 bits per heavy atom. The number of halogens is 3. The molecule has 0 spiro atoms. The lowest BCUT2D eigenvalue weighted by atomic mass is 9.94. The maximum atomic E-state index is 13.8. The molecule has 1 aliphatic rings. The molecule has 1 aliphatic heterocycles. The number of aromatic nitrogens is 2. The Kier molecular flexibility index (Phi) is 9.05. The number of carbonyl (C=O) groups is 1. The lowest BCUT2D eigenvalue weighted by Crippen LogP contribution is -2.49. The highest BCUT2D eigenvalue weighted by molar-refractivity contribution is 5.89. The van der Waals surface area contributed by atoms with Gasteiger partial charge in [-0.25, -0.2) is 9.78 Å². The first-order valence-corrected chi connectivity index (χ1v) is 14.4. The summed E-state index contributed by atoms with van der Waals surface area (Å²) >= 11 is 0. The van der Waals surface area contributed by atoms with Crippen LogP contribution < -0.4 is 10.2 Å². The van der Waals surface area contributed by atoms with Crippen LogP contribution in [0.2, 0.25) is 0 Å². The van der Waals surface area contributed by atoms with E-state index in [1.165, 1.54) is 19.1 Å². The largest absolute Gasteiger partial charge is 0.416 e. The number of benzene rings is 3. The van der Waals surface area contributed by atoms with E-state index in [0.717, 1.165) is 22.6 Å². The molecule has 2 amide bonds. The third-order valence-electron chi connectivity index (χ3n) is 8.09. The van der Waals surface area contributed by atoms with Gasteiger partial charge in [0.25, 0.3) is 0 Å². The number of carbonyl (C=O) groups excluding carboxylic acids is 1. The molecule has 1 atom stereocenters. The first-order chi connectivity index (χ1) is 20.6. The van der Waals surface area contributed by atoms with Gasteiger partial charge in [-0.05, 0) is 66.8 Å². The summed E-state index contributed by atoms with van der Waals surface area (Å²) in [6.07, 6.45) is 0.107. The number of amides is 2. The molecule has 1 unspecified atom stereocenters. The molecule has 3 aromatic carbocycles. The summed E-state index contributed by atoms with van der Waals surface area (Å²) in [5, 5.41) is 3.04. The number of likely N-dealkylation sites (tertiary alicyclic amines) is 1. The molecule has 1 saturated heterocycles. The van der Waals surface area contributed by atoms with E-state index in [2.05, 4.69) is 20.2 Å². The highest BCUT2D eigenvalue weighted by Crippen LogP contribution is 2.37. The van der Waals surface area contributed by atoms with Crippen molar-refractivity contribution >= 4 is 17.4 Å². The zero-order valence-electron chi connectivity index (χ0n) is 24.6. The molecule has 1 fully saturated rings. The van der Waals surface area contributed by atoms with Crippen molar-refractivity contribution in [2.45, 2.75) is 44.6 Å². The van der Waals surface area contributed by atoms with E-state index in [-0.39, 0.29) is 17.6 Å². The van der Waals surface area contributed by atoms with Crippen molar-refractivity contribution in [1.29, 1.82) is 0 Å². The predicted octanol–water partition coefficient (Wildman–Crippen LogP) is 7.09. The minimum atomic E-state index is -4.44. The molecule has 2 N–H and O–H groups in total. The quantitative estimate of drug-likeness (QED) is 0.230. The maximum Gasteiger partial charge on any atom is 0.416 e. The molecule has 5 rings (SSSR count). The Morgan fingerprint density at radius 3 is 2.35 bits per heavy atom. The Balaban J connectivity index is 1.37. The molecule has 0 saturated carbocycles. The van der Waals surface area contributed by atoms with Crippen LogP contribution in [0.15, 0.2) is 85.3 Å². The molecule has 0 bridgehead atoms. The van der Waals surface area contributed by atoms with Gasteiger partial charge in [-0.15, -0.1) is 0 Å². The summed E-state index contributed by atoms with van der Waals surface area (Å²) in [5.74, 6) is 0. The maximum absolute atomic E-state index is 13.8. The van der Waals surface area contributed by atoms with Crippen molar-refractivity contribution in [2.75, 3.05) is 37.4 Å². The Labute approximate surface area is 250 Å². The van der Waals surface area contributed by atoms with E-state index < -0.39 is 17.8 Å². The molecule has 7 nitrogen and oxygen atoms in total. The molecule has 43 heavy (non-hydrogen) atoms. The van der Waals surface area contributed by atoms with Gasteiger partial charge in [0.15, 0.2) is 0 Å². The number of nitrogens with one attached hydrogen (secondary N) is 2. The number of piperidine rings is 1. The van der Waals surface area contributed by atoms with Gasteiger partial charge in [0, 0.05) is 57.3 Å². The van der Waals surface area contributed by atoms with Gasteiger partial charge in [-0.2, -0.15) is 13.2 Å². The Morgan fingerprint density at radius 1 is 1.05 bits per heavy atom. The molecule has 1 aromatic heterocycles. The van der Waals surface area contributed by atoms with E-state index in [0.29, 0.717) is 38.0 Å². The summed E-state index contributed by atoms with van der Waals surface area (Å²) in [4.78, 5) is 27.0. The summed E-state index contributed by atoms with van der Waals surface area (Å²) in [6.45, 7) is 3.11. The van der Waals surface area contributed by atoms with Crippen molar-refractivity contribution in [3.05, 3.63) is 113 Å². The van der Waals surface area contributed by atoms with Gasteiger partial charge in [-0.1, -0.05) is 42.5 Å². The lowest BCUT2D eigenvalue weighted by molar-refractivity contribution is -0.138. The summed E-state index contributed by atoms with van der Waals surface area (Å²) in [5.41, 5.74) is 3.66. The van der Waals surface area contributed by atoms with Gasteiger partial charge in [0.2, 0.25) is 0 Å². The van der Waals surface area contributed by atoms with Crippen LogP contribution in [-0.4, -0.2) is 59.0 Å². The number of hydrogen-bond donors (Lipinski definition) is 2. The number of H-pyrrole nitrogens is 1. The average molecular weight is 591 g/mol. The normalized spacial score (nSPS) is 15.2. The number of aryl methyl sites for hydroxylation is 1. The van der Waals surface area contributed by atoms with Crippen LogP contribution in [0.25, 0.3) is 0 Å². The van der Waals surface area contributed by atoms with E-state index in [1.807, 2.05) is 78.5 Å². The molecule has 2 heterocycles. The summed E-state index contributed by atoms with van der Waals surface area (Å²) in [7, 11) is 3.97. The molecule has 4 aromatic rings. The van der Waals surface area contributed by atoms with Crippen LogP contribution in [-0.2, 0) is 12.7 Å². The second-order valence-corrected chi connectivity index (χ2v) is 11.2. The Bertz CT molecular complexity index is 1480. The topological polar surface area (TPSA) is 67.5 Å². The second-order valence-electron chi connectivity index (χ2n) is 11.2. The number of rotatable bonds is 8. The first kappa shape index (κ1) is 30.2. The standard InChI is InChI=1S/C33H37F3N6O/c1-23-9-12-25(19-29(23)33(34,35)36)31(30-20-37-22-38-30)41-17-15-28(16-18-41)42(32(43)39-26-7-5-4-6-8-26)21-24-10-13-27(14-11-24)40(2)3/h4-14,19-20,22,28,31H,15-18,21H2,1-3H3,(H,37,38)(H,39,43). The second kappa shape index (κ2) is 12.9. The smallest absolute Gasteiger partial charge is 0.378 e. The van der Waals surface area contributed by atoms with Crippen molar-refractivity contribution in [1.82, 2.24) is 19.8 Å². The van der Waals surface area contributed by atoms with Crippen LogP contribution in [0.4, 0.5) is 29.3 Å². The predicted molar refractivity (Wildman–Crippen MR) is 163 cm³/mol. The number of hydrogen-bond acceptors (Lipinski definition) is 4. The number of alkyl halides is 3. The SMILES string of the molecule is Cc1ccc(C(c2cnc[nH]2)N2CCC(N(Cc3ccc(N(C)C)cc3)C(=O)Nc3ccccc3)CC2)cc1C(F)(F)F. The van der Waals surface area contributed by atoms with Gasteiger partial charge in [0.1, 0.15) is 0 Å². The molecular weight excluding hydrogens is 553 g/mol. The molecule has 0 aliphatic carbocycles. The zero-order valence-corrected chi connectivity index (χ0v) is 24.6. The highest BCUT2D eigenvalue weighted by Gasteiger charge is 2.36. The van der Waals surface area contributed by atoms with E-state index >= 15 is 0 Å². The van der Waals surface area contributed by atoms with Crippen molar-refractivity contribution in [3.63, 3.8) is 0 Å². The third-order valence-corrected chi connectivity index (χ3v) is 8.09. The Hall–Kier alpha value is -4.31. The minimum absolute atomic E-state index is 0.0559. The molecule has 0 radical (unpaired) electrons. The number of aromatic amines is 1. The van der Waals surface area contributed by atoms with Crippen molar-refractivity contribution < 1.29 is 18.0 Å². The summed E-state index contributed by atoms with van der Waals surface area (Å²) < 4.78 is 41.4. The van der Waals surface area contributed by atoms with Gasteiger partial charge in [-0.3, -0.25) is 4.90 Å². The van der Waals surface area contributed by atoms with Crippen molar-refractivity contribution in [2.24, 2.45) is 0 Å². The number of imidazole rings is 1. The van der Waals surface area contributed by atoms with Gasteiger partial charge >= 0.3 is 12.2 Å². The third kappa shape index (κ3) is 7.19. The fourth-order valence-electron chi connectivity index (χ4n) is 5.75. The van der Waals surface area contributed by atoms with Crippen LogP contribution in [0.5, 0.6) is 0 Å². The van der Waals surface area contributed by atoms with Crippen LogP contribution in [0, 0.1) is 6.92 Å². The fraction of sp³-hybridized carbons (Fsp3) is 0.333. The van der Waals surface area contributed by atoms with Crippen molar-refractivity contribution in [3.8, 4) is 0 Å². The van der Waals surface area contributed by atoms with Crippen LogP contribution in [0.3, 0.4) is 0 Å². The van der Waals surface area contributed by atoms with Gasteiger partial charge < -0.3 is 20.1 Å². The summed E-state index contributed by atoms with van der Waals surface area (Å²) in [6, 6.07) is 21.4. The van der Waals surface area contributed by atoms with Crippen LogP contribution >= 0.6 is 0 Å². The van der Waals surface area contributed by atoms with Crippen LogP contribution in [0.1, 0.15) is 46.8 Å². The molecule has 226 valence electrons. The van der Waals surface area contributed by atoms with Gasteiger partial charge in [0.05, 0.1) is 23.6 Å². The van der Waals surface area contributed by atoms with E-state index in [4.69, 9.17) is 0 Å². The van der Waals surface area contributed by atoms with E-state index in [9.17, 15) is 18.0 Å². The van der Waals surface area contributed by atoms with E-state index in [1.54, 1.807) is 18.6 Å². The number of anilines is 2.